The van der Waals surface area contributed by atoms with Crippen molar-refractivity contribution in [2.45, 2.75) is 167 Å². The van der Waals surface area contributed by atoms with Gasteiger partial charge in [0.2, 0.25) is 0 Å². The number of rotatable bonds is 31. The van der Waals surface area contributed by atoms with Crippen molar-refractivity contribution in [2.75, 3.05) is 13.2 Å². The molecule has 0 aliphatic rings. The SMILES string of the molecule is CCCCCCCCCCCCCCC(=O)O[C@@H](CO)COC(=O)CCC[C@@H](O)[C@H](O)/C=C/C=C/C=C\C=C\[C@H](O)CCCCC. The number of unbranched alkanes of at least 4 members (excludes halogenated alkanes) is 13. The normalized spacial score (nSPS) is 14.8. The van der Waals surface area contributed by atoms with Gasteiger partial charge in [-0.1, -0.05) is 152 Å². The lowest BCUT2D eigenvalue weighted by Gasteiger charge is -2.16. The molecule has 0 amide bonds. The Balaban J connectivity index is 3.97. The van der Waals surface area contributed by atoms with Gasteiger partial charge in [-0.25, -0.2) is 0 Å². The van der Waals surface area contributed by atoms with Crippen molar-refractivity contribution < 1.29 is 39.5 Å². The Bertz CT molecular complexity index is 835. The highest BCUT2D eigenvalue weighted by Crippen LogP contribution is 2.13. The van der Waals surface area contributed by atoms with E-state index in [9.17, 15) is 30.0 Å². The second kappa shape index (κ2) is 32.7. The van der Waals surface area contributed by atoms with Crippen LogP contribution in [0.2, 0.25) is 0 Å². The highest BCUT2D eigenvalue weighted by Gasteiger charge is 2.17. The number of esters is 2. The minimum atomic E-state index is -1.08. The zero-order chi connectivity index (χ0) is 34.1. The van der Waals surface area contributed by atoms with Crippen molar-refractivity contribution in [3.63, 3.8) is 0 Å². The predicted molar refractivity (Wildman–Crippen MR) is 186 cm³/mol. The summed E-state index contributed by atoms with van der Waals surface area (Å²) in [5.74, 6) is -0.923. The summed E-state index contributed by atoms with van der Waals surface area (Å²) < 4.78 is 10.4. The molecule has 0 heterocycles. The van der Waals surface area contributed by atoms with E-state index in [2.05, 4.69) is 13.8 Å². The first-order valence-electron chi connectivity index (χ1n) is 18.0. The van der Waals surface area contributed by atoms with Crippen LogP contribution in [0.25, 0.3) is 0 Å². The van der Waals surface area contributed by atoms with Crippen LogP contribution in [0, 0.1) is 0 Å². The molecule has 0 aromatic rings. The largest absolute Gasteiger partial charge is 0.462 e. The summed E-state index contributed by atoms with van der Waals surface area (Å²) in [5.41, 5.74) is 0. The summed E-state index contributed by atoms with van der Waals surface area (Å²) in [6.07, 6.45) is 29.7. The first kappa shape index (κ1) is 43.7. The van der Waals surface area contributed by atoms with Crippen molar-refractivity contribution in [3.8, 4) is 0 Å². The van der Waals surface area contributed by atoms with Gasteiger partial charge in [0.05, 0.1) is 24.9 Å². The van der Waals surface area contributed by atoms with E-state index in [1.807, 2.05) is 6.08 Å². The topological polar surface area (TPSA) is 134 Å². The van der Waals surface area contributed by atoms with E-state index >= 15 is 0 Å². The zero-order valence-corrected chi connectivity index (χ0v) is 28.9. The van der Waals surface area contributed by atoms with Crippen LogP contribution in [0.4, 0.5) is 0 Å². The number of ether oxygens (including phenoxy) is 2. The van der Waals surface area contributed by atoms with Gasteiger partial charge < -0.3 is 29.9 Å². The van der Waals surface area contributed by atoms with E-state index in [4.69, 9.17) is 9.47 Å². The van der Waals surface area contributed by atoms with Gasteiger partial charge >= 0.3 is 11.9 Å². The van der Waals surface area contributed by atoms with Crippen molar-refractivity contribution in [3.05, 3.63) is 48.6 Å². The van der Waals surface area contributed by atoms with Gasteiger partial charge in [-0.2, -0.15) is 0 Å². The molecule has 4 atom stereocenters. The minimum Gasteiger partial charge on any atom is -0.462 e. The summed E-state index contributed by atoms with van der Waals surface area (Å²) in [7, 11) is 0. The lowest BCUT2D eigenvalue weighted by atomic mass is 10.0. The van der Waals surface area contributed by atoms with Gasteiger partial charge in [0.1, 0.15) is 6.61 Å². The average molecular weight is 651 g/mol. The number of hydrogen-bond donors (Lipinski definition) is 4. The molecule has 266 valence electrons. The van der Waals surface area contributed by atoms with Crippen LogP contribution < -0.4 is 0 Å². The molecule has 4 N–H and O–H groups in total. The number of carbonyl (C=O) groups is 2. The van der Waals surface area contributed by atoms with Crippen LogP contribution in [-0.2, 0) is 19.1 Å². The van der Waals surface area contributed by atoms with Gasteiger partial charge in [-0.15, -0.1) is 0 Å². The summed E-state index contributed by atoms with van der Waals surface area (Å²) in [5, 5.41) is 39.6. The molecular weight excluding hydrogens is 584 g/mol. The Morgan fingerprint density at radius 3 is 1.67 bits per heavy atom. The number of aliphatic hydroxyl groups is 4. The molecule has 8 heteroatoms. The molecule has 46 heavy (non-hydrogen) atoms. The van der Waals surface area contributed by atoms with Crippen molar-refractivity contribution >= 4 is 11.9 Å². The molecule has 0 aliphatic carbocycles. The number of carbonyl (C=O) groups excluding carboxylic acids is 2. The summed E-state index contributed by atoms with van der Waals surface area (Å²) in [6.45, 7) is 3.71. The summed E-state index contributed by atoms with van der Waals surface area (Å²) in [6, 6.07) is 0. The van der Waals surface area contributed by atoms with E-state index in [-0.39, 0.29) is 25.9 Å². The Labute approximate surface area is 279 Å². The Hall–Kier alpha value is -2.26. The van der Waals surface area contributed by atoms with Crippen LogP contribution in [0.1, 0.15) is 142 Å². The fourth-order valence-electron chi connectivity index (χ4n) is 4.82. The second-order valence-corrected chi connectivity index (χ2v) is 12.2. The number of allylic oxidation sites excluding steroid dienone is 6. The van der Waals surface area contributed by atoms with Crippen molar-refractivity contribution in [1.29, 1.82) is 0 Å². The molecule has 0 aromatic heterocycles. The van der Waals surface area contributed by atoms with Gasteiger partial charge in [0, 0.05) is 12.8 Å². The average Bonchev–Trinajstić information content (AvgIpc) is 3.04. The lowest BCUT2D eigenvalue weighted by Crippen LogP contribution is -2.28. The third-order valence-electron chi connectivity index (χ3n) is 7.74. The number of aliphatic hydroxyl groups excluding tert-OH is 4. The van der Waals surface area contributed by atoms with E-state index in [0.717, 1.165) is 44.9 Å². The van der Waals surface area contributed by atoms with Gasteiger partial charge in [0.25, 0.3) is 0 Å². The van der Waals surface area contributed by atoms with Gasteiger partial charge in [-0.3, -0.25) is 9.59 Å². The van der Waals surface area contributed by atoms with Gasteiger partial charge in [-0.05, 0) is 25.7 Å². The summed E-state index contributed by atoms with van der Waals surface area (Å²) >= 11 is 0. The molecule has 0 radical (unpaired) electrons. The minimum absolute atomic E-state index is 0.0317. The maximum atomic E-state index is 12.1. The fourth-order valence-corrected chi connectivity index (χ4v) is 4.82. The van der Waals surface area contributed by atoms with Crippen LogP contribution >= 0.6 is 0 Å². The smallest absolute Gasteiger partial charge is 0.306 e. The monoisotopic (exact) mass is 650 g/mol. The highest BCUT2D eigenvalue weighted by atomic mass is 16.6. The third-order valence-corrected chi connectivity index (χ3v) is 7.74. The molecule has 0 saturated heterocycles. The molecular formula is C38H66O8. The summed E-state index contributed by atoms with van der Waals surface area (Å²) in [4.78, 5) is 24.2. The van der Waals surface area contributed by atoms with E-state index in [0.29, 0.717) is 6.42 Å². The molecule has 0 fully saturated rings. The Morgan fingerprint density at radius 2 is 1.09 bits per heavy atom. The van der Waals surface area contributed by atoms with Gasteiger partial charge in [0.15, 0.2) is 6.10 Å². The molecule has 0 aliphatic heterocycles. The van der Waals surface area contributed by atoms with Crippen LogP contribution in [0.15, 0.2) is 48.6 Å². The Kier molecular flexibility index (Phi) is 31.1. The first-order chi connectivity index (χ1) is 22.3. The maximum Gasteiger partial charge on any atom is 0.306 e. The second-order valence-electron chi connectivity index (χ2n) is 12.2. The molecule has 0 aromatic carbocycles. The third kappa shape index (κ3) is 29.2. The zero-order valence-electron chi connectivity index (χ0n) is 28.9. The maximum absolute atomic E-state index is 12.1. The Morgan fingerprint density at radius 1 is 0.587 bits per heavy atom. The van der Waals surface area contributed by atoms with Crippen LogP contribution in [0.3, 0.4) is 0 Å². The molecule has 0 rings (SSSR count). The highest BCUT2D eigenvalue weighted by molar-refractivity contribution is 5.70. The van der Waals surface area contributed by atoms with E-state index in [1.54, 1.807) is 36.5 Å². The van der Waals surface area contributed by atoms with Crippen LogP contribution in [0.5, 0.6) is 0 Å². The number of hydrogen-bond acceptors (Lipinski definition) is 8. The van der Waals surface area contributed by atoms with Crippen molar-refractivity contribution in [1.82, 2.24) is 0 Å². The molecule has 0 unspecified atom stereocenters. The van der Waals surface area contributed by atoms with Crippen LogP contribution in [-0.4, -0.2) is 70.0 Å². The van der Waals surface area contributed by atoms with Crippen molar-refractivity contribution in [2.24, 2.45) is 0 Å². The first-order valence-corrected chi connectivity index (χ1v) is 18.0. The van der Waals surface area contributed by atoms with E-state index in [1.165, 1.54) is 63.9 Å². The standard InChI is InChI=1S/C38H66O8/c1-3-5-7-8-9-10-11-12-13-14-19-23-29-38(44)46-34(31-39)32-45-37(43)30-24-28-36(42)35(41)27-22-18-16-15-17-21-26-33(40)25-20-6-4-2/h15-18,21-22,26-27,33-36,39-42H,3-14,19-20,23-25,28-32H2,1-2H3/b17-15-,18-16+,26-21+,27-22+/t33-,34+,35-,36-/m1/s1. The molecule has 0 spiro atoms. The molecule has 0 bridgehead atoms. The molecule has 8 nitrogen and oxygen atoms in total. The fraction of sp³-hybridized carbons (Fsp3) is 0.737. The molecule has 0 saturated carbocycles. The quantitative estimate of drug-likeness (QED) is 0.0343. The predicted octanol–water partition coefficient (Wildman–Crippen LogP) is 7.58. The lowest BCUT2D eigenvalue weighted by molar-refractivity contribution is -0.161. The van der Waals surface area contributed by atoms with E-state index < -0.39 is 43.0 Å².